The molecule has 0 fully saturated rings. The van der Waals surface area contributed by atoms with Crippen molar-refractivity contribution in [3.05, 3.63) is 11.3 Å². The van der Waals surface area contributed by atoms with Crippen molar-refractivity contribution >= 4 is 16.0 Å². The number of aromatic amines is 1. The predicted octanol–water partition coefficient (Wildman–Crippen LogP) is 0.835. The number of nitrogens with one attached hydrogen (secondary N) is 3. The van der Waals surface area contributed by atoms with Crippen LogP contribution >= 0.6 is 0 Å². The normalized spacial score (nSPS) is 12.8. The van der Waals surface area contributed by atoms with Crippen molar-refractivity contribution in [2.45, 2.75) is 20.0 Å². The van der Waals surface area contributed by atoms with E-state index in [0.29, 0.717) is 11.3 Å². The SMILES string of the molecule is Cc1[nH]nc(NS(=O)(=O)NCC(F)(F)F)c1C. The van der Waals surface area contributed by atoms with Crippen molar-refractivity contribution in [2.24, 2.45) is 0 Å². The van der Waals surface area contributed by atoms with Gasteiger partial charge in [0.05, 0.1) is 0 Å². The Morgan fingerprint density at radius 3 is 2.35 bits per heavy atom. The van der Waals surface area contributed by atoms with Gasteiger partial charge in [0.25, 0.3) is 0 Å². The monoisotopic (exact) mass is 272 g/mol. The van der Waals surface area contributed by atoms with E-state index < -0.39 is 22.9 Å². The van der Waals surface area contributed by atoms with E-state index in [2.05, 4.69) is 10.2 Å². The van der Waals surface area contributed by atoms with E-state index in [1.54, 1.807) is 13.8 Å². The highest BCUT2D eigenvalue weighted by Gasteiger charge is 2.29. The highest BCUT2D eigenvalue weighted by molar-refractivity contribution is 7.90. The number of anilines is 1. The van der Waals surface area contributed by atoms with Crippen LogP contribution in [0.4, 0.5) is 19.0 Å². The zero-order chi connectivity index (χ0) is 13.3. The Labute approximate surface area is 95.8 Å². The molecule has 0 saturated heterocycles. The topological polar surface area (TPSA) is 86.9 Å². The molecule has 0 amide bonds. The van der Waals surface area contributed by atoms with Crippen LogP contribution < -0.4 is 9.44 Å². The van der Waals surface area contributed by atoms with Gasteiger partial charge in [-0.25, -0.2) is 0 Å². The average molecular weight is 272 g/mol. The summed E-state index contributed by atoms with van der Waals surface area (Å²) >= 11 is 0. The molecule has 0 atom stereocenters. The first-order valence-electron chi connectivity index (χ1n) is 4.46. The van der Waals surface area contributed by atoms with Gasteiger partial charge < -0.3 is 0 Å². The molecule has 98 valence electrons. The second kappa shape index (κ2) is 4.53. The maximum Gasteiger partial charge on any atom is 0.402 e. The van der Waals surface area contributed by atoms with Crippen molar-refractivity contribution in [1.82, 2.24) is 14.9 Å². The van der Waals surface area contributed by atoms with Gasteiger partial charge in [-0.3, -0.25) is 9.82 Å². The number of halogens is 3. The number of aryl methyl sites for hydroxylation is 1. The second-order valence-electron chi connectivity index (χ2n) is 3.36. The van der Waals surface area contributed by atoms with Crippen molar-refractivity contribution in [1.29, 1.82) is 0 Å². The van der Waals surface area contributed by atoms with Crippen molar-refractivity contribution in [3.8, 4) is 0 Å². The van der Waals surface area contributed by atoms with Gasteiger partial charge in [0, 0.05) is 11.3 Å². The van der Waals surface area contributed by atoms with Crippen LogP contribution in [-0.4, -0.2) is 31.3 Å². The molecule has 0 aromatic carbocycles. The lowest BCUT2D eigenvalue weighted by molar-refractivity contribution is -0.121. The Balaban J connectivity index is 2.71. The molecule has 0 bridgehead atoms. The number of nitrogens with zero attached hydrogens (tertiary/aromatic N) is 1. The summed E-state index contributed by atoms with van der Waals surface area (Å²) in [5.41, 5.74) is 1.14. The summed E-state index contributed by atoms with van der Waals surface area (Å²) in [6.45, 7) is 1.61. The number of rotatable bonds is 4. The van der Waals surface area contributed by atoms with E-state index >= 15 is 0 Å². The van der Waals surface area contributed by atoms with Gasteiger partial charge in [0.15, 0.2) is 5.82 Å². The van der Waals surface area contributed by atoms with Crippen LogP contribution in [0.3, 0.4) is 0 Å². The maximum atomic E-state index is 11.8. The fraction of sp³-hybridized carbons (Fsp3) is 0.571. The highest BCUT2D eigenvalue weighted by Crippen LogP contribution is 2.16. The van der Waals surface area contributed by atoms with Crippen molar-refractivity contribution < 1.29 is 21.6 Å². The first-order chi connectivity index (χ1) is 7.61. The van der Waals surface area contributed by atoms with E-state index in [4.69, 9.17) is 0 Å². The summed E-state index contributed by atoms with van der Waals surface area (Å²) in [6.07, 6.45) is -4.61. The van der Waals surface area contributed by atoms with E-state index in [1.807, 2.05) is 4.72 Å². The third kappa shape index (κ3) is 4.23. The quantitative estimate of drug-likeness (QED) is 0.759. The van der Waals surface area contributed by atoms with Crippen LogP contribution in [0.2, 0.25) is 0 Å². The van der Waals surface area contributed by atoms with Crippen LogP contribution in [0.15, 0.2) is 0 Å². The lowest BCUT2D eigenvalue weighted by Gasteiger charge is -2.09. The molecule has 1 rings (SSSR count). The zero-order valence-electron chi connectivity index (χ0n) is 9.01. The lowest BCUT2D eigenvalue weighted by Crippen LogP contribution is -2.37. The smallest absolute Gasteiger partial charge is 0.280 e. The molecule has 0 spiro atoms. The van der Waals surface area contributed by atoms with Gasteiger partial charge in [0.1, 0.15) is 6.54 Å². The Kier molecular flexibility index (Phi) is 3.67. The van der Waals surface area contributed by atoms with Gasteiger partial charge >= 0.3 is 16.4 Å². The van der Waals surface area contributed by atoms with Crippen LogP contribution in [0.25, 0.3) is 0 Å². The first-order valence-corrected chi connectivity index (χ1v) is 5.95. The van der Waals surface area contributed by atoms with Gasteiger partial charge in [-0.1, -0.05) is 0 Å². The standard InChI is InChI=1S/C7H11F3N4O2S/c1-4-5(2)12-13-6(4)14-17(15,16)11-3-7(8,9)10/h11H,3H2,1-2H3,(H2,12,13,14). The minimum absolute atomic E-state index is 0.0304. The van der Waals surface area contributed by atoms with Crippen LogP contribution in [0.5, 0.6) is 0 Å². The fourth-order valence-corrected chi connectivity index (χ4v) is 1.80. The lowest BCUT2D eigenvalue weighted by atomic mass is 10.3. The average Bonchev–Trinajstić information content (AvgIpc) is 2.46. The summed E-state index contributed by atoms with van der Waals surface area (Å²) in [5.74, 6) is -0.0304. The van der Waals surface area contributed by atoms with Crippen LogP contribution in [0, 0.1) is 13.8 Å². The molecule has 1 aromatic heterocycles. The molecule has 6 nitrogen and oxygen atoms in total. The second-order valence-corrected chi connectivity index (χ2v) is 4.86. The third-order valence-electron chi connectivity index (χ3n) is 1.95. The molecule has 0 aliphatic carbocycles. The Morgan fingerprint density at radius 1 is 1.35 bits per heavy atom. The Hall–Kier alpha value is -1.29. The summed E-state index contributed by atoms with van der Waals surface area (Å²) in [5, 5.41) is 6.11. The molecule has 3 N–H and O–H groups in total. The number of alkyl halides is 3. The van der Waals surface area contributed by atoms with Crippen molar-refractivity contribution in [2.75, 3.05) is 11.3 Å². The summed E-state index contributed by atoms with van der Waals surface area (Å²) in [6, 6.07) is 0. The molecular weight excluding hydrogens is 261 g/mol. The predicted molar refractivity (Wildman–Crippen MR) is 54.7 cm³/mol. The Morgan fingerprint density at radius 2 is 1.94 bits per heavy atom. The fourth-order valence-electron chi connectivity index (χ4n) is 0.925. The number of H-pyrrole nitrogens is 1. The van der Waals surface area contributed by atoms with E-state index in [9.17, 15) is 21.6 Å². The third-order valence-corrected chi connectivity index (χ3v) is 2.93. The Bertz CT molecular complexity index is 494. The molecule has 0 radical (unpaired) electrons. The number of hydrogen-bond acceptors (Lipinski definition) is 3. The molecule has 0 unspecified atom stereocenters. The van der Waals surface area contributed by atoms with E-state index in [-0.39, 0.29) is 5.82 Å². The summed E-state index contributed by atoms with van der Waals surface area (Å²) < 4.78 is 61.2. The molecule has 17 heavy (non-hydrogen) atoms. The van der Waals surface area contributed by atoms with Gasteiger partial charge in [0.2, 0.25) is 0 Å². The minimum atomic E-state index is -4.61. The van der Waals surface area contributed by atoms with E-state index in [1.165, 1.54) is 4.72 Å². The number of hydrogen-bond donors (Lipinski definition) is 3. The van der Waals surface area contributed by atoms with Crippen molar-refractivity contribution in [3.63, 3.8) is 0 Å². The number of aromatic nitrogens is 2. The van der Waals surface area contributed by atoms with Crippen LogP contribution in [0.1, 0.15) is 11.3 Å². The molecule has 0 aliphatic rings. The molecule has 10 heteroatoms. The van der Waals surface area contributed by atoms with Crippen LogP contribution in [-0.2, 0) is 10.2 Å². The molecule has 1 aromatic rings. The summed E-state index contributed by atoms with van der Waals surface area (Å²) in [7, 11) is -4.28. The zero-order valence-corrected chi connectivity index (χ0v) is 9.83. The molecule has 0 saturated carbocycles. The molecular formula is C7H11F3N4O2S. The van der Waals surface area contributed by atoms with E-state index in [0.717, 1.165) is 0 Å². The summed E-state index contributed by atoms with van der Waals surface area (Å²) in [4.78, 5) is 0. The van der Waals surface area contributed by atoms with Gasteiger partial charge in [-0.05, 0) is 13.8 Å². The largest absolute Gasteiger partial charge is 0.402 e. The molecule has 0 aliphatic heterocycles. The van der Waals surface area contributed by atoms with Gasteiger partial charge in [-0.2, -0.15) is 31.4 Å². The highest BCUT2D eigenvalue weighted by atomic mass is 32.2. The molecule has 1 heterocycles. The van der Waals surface area contributed by atoms with Gasteiger partial charge in [-0.15, -0.1) is 0 Å². The first kappa shape index (κ1) is 13.8. The minimum Gasteiger partial charge on any atom is -0.280 e. The maximum absolute atomic E-state index is 11.8.